The number of fused-ring (bicyclic) bond motifs is 1. The lowest BCUT2D eigenvalue weighted by molar-refractivity contribution is 0.348. The summed E-state index contributed by atoms with van der Waals surface area (Å²) >= 11 is 6.89. The Morgan fingerprint density at radius 3 is 2.94 bits per heavy atom. The Labute approximate surface area is 114 Å². The summed E-state index contributed by atoms with van der Waals surface area (Å²) in [6.07, 6.45) is 4.98. The number of thiophene rings is 1. The van der Waals surface area contributed by atoms with Crippen LogP contribution < -0.4 is 5.56 Å². The standard InChI is InChI=1S/C13H16N2OS2/c1-8(9-4-2-3-5-9)15-12(16)10-6-7-18-11(10)14-13(15)17/h6-9H,2-5H2,1H3,(H,14,17). The first-order valence-corrected chi connectivity index (χ1v) is 7.69. The summed E-state index contributed by atoms with van der Waals surface area (Å²) in [7, 11) is 0. The van der Waals surface area contributed by atoms with E-state index < -0.39 is 0 Å². The third kappa shape index (κ3) is 1.86. The van der Waals surface area contributed by atoms with E-state index >= 15 is 0 Å². The highest BCUT2D eigenvalue weighted by molar-refractivity contribution is 7.71. The van der Waals surface area contributed by atoms with Crippen LogP contribution in [-0.4, -0.2) is 9.55 Å². The van der Waals surface area contributed by atoms with Crippen molar-refractivity contribution < 1.29 is 0 Å². The molecule has 0 aliphatic heterocycles. The summed E-state index contributed by atoms with van der Waals surface area (Å²) in [6, 6.07) is 2.08. The molecule has 0 bridgehead atoms. The molecule has 0 saturated heterocycles. The third-order valence-corrected chi connectivity index (χ3v) is 5.17. The predicted molar refractivity (Wildman–Crippen MR) is 77.9 cm³/mol. The molecule has 1 atom stereocenters. The van der Waals surface area contributed by atoms with Gasteiger partial charge in [-0.2, -0.15) is 0 Å². The zero-order valence-electron chi connectivity index (χ0n) is 10.3. The van der Waals surface area contributed by atoms with E-state index in [9.17, 15) is 4.79 Å². The van der Waals surface area contributed by atoms with Crippen LogP contribution in [0.5, 0.6) is 0 Å². The highest BCUT2D eigenvalue weighted by Crippen LogP contribution is 2.33. The second kappa shape index (κ2) is 4.63. The quantitative estimate of drug-likeness (QED) is 0.848. The molecule has 5 heteroatoms. The molecule has 0 spiro atoms. The molecule has 1 aliphatic rings. The fraction of sp³-hybridized carbons (Fsp3) is 0.538. The van der Waals surface area contributed by atoms with E-state index in [2.05, 4.69) is 11.9 Å². The van der Waals surface area contributed by atoms with Crippen molar-refractivity contribution in [3.63, 3.8) is 0 Å². The minimum Gasteiger partial charge on any atom is -0.323 e. The Balaban J connectivity index is 2.15. The maximum absolute atomic E-state index is 12.5. The smallest absolute Gasteiger partial charge is 0.263 e. The molecule has 0 aromatic carbocycles. The monoisotopic (exact) mass is 280 g/mol. The summed E-state index contributed by atoms with van der Waals surface area (Å²) in [5.41, 5.74) is 0.0643. The number of nitrogens with zero attached hydrogens (tertiary/aromatic N) is 1. The molecule has 18 heavy (non-hydrogen) atoms. The number of rotatable bonds is 2. The van der Waals surface area contributed by atoms with Gasteiger partial charge in [-0.25, -0.2) is 0 Å². The molecule has 2 heterocycles. The van der Waals surface area contributed by atoms with Crippen LogP contribution >= 0.6 is 23.6 Å². The highest BCUT2D eigenvalue weighted by atomic mass is 32.1. The number of aromatic amines is 1. The van der Waals surface area contributed by atoms with Crippen LogP contribution in [0.25, 0.3) is 10.2 Å². The van der Waals surface area contributed by atoms with Crippen molar-refractivity contribution in [3.8, 4) is 0 Å². The van der Waals surface area contributed by atoms with Crippen molar-refractivity contribution in [1.29, 1.82) is 0 Å². The zero-order valence-corrected chi connectivity index (χ0v) is 11.9. The van der Waals surface area contributed by atoms with E-state index in [-0.39, 0.29) is 11.6 Å². The van der Waals surface area contributed by atoms with Gasteiger partial charge in [-0.1, -0.05) is 12.8 Å². The Morgan fingerprint density at radius 2 is 2.22 bits per heavy atom. The summed E-state index contributed by atoms with van der Waals surface area (Å²) in [4.78, 5) is 16.6. The van der Waals surface area contributed by atoms with Crippen LogP contribution in [0.3, 0.4) is 0 Å². The number of nitrogens with one attached hydrogen (secondary N) is 1. The molecule has 96 valence electrons. The molecule has 3 rings (SSSR count). The van der Waals surface area contributed by atoms with Gasteiger partial charge in [0.1, 0.15) is 4.83 Å². The molecule has 1 fully saturated rings. The summed E-state index contributed by atoms with van der Waals surface area (Å²) in [6.45, 7) is 2.12. The van der Waals surface area contributed by atoms with Crippen LogP contribution in [0.4, 0.5) is 0 Å². The fourth-order valence-corrected chi connectivity index (χ4v) is 4.17. The minimum absolute atomic E-state index is 0.0643. The van der Waals surface area contributed by atoms with Gasteiger partial charge in [0.05, 0.1) is 5.39 Å². The van der Waals surface area contributed by atoms with Crippen molar-refractivity contribution in [2.45, 2.75) is 38.6 Å². The van der Waals surface area contributed by atoms with Crippen LogP contribution in [-0.2, 0) is 0 Å². The third-order valence-electron chi connectivity index (χ3n) is 4.04. The SMILES string of the molecule is CC(C1CCCC1)n1c(=S)[nH]c2sccc2c1=O. The second-order valence-electron chi connectivity index (χ2n) is 5.05. The Kier molecular flexibility index (Phi) is 3.11. The summed E-state index contributed by atoms with van der Waals surface area (Å²) in [5, 5.41) is 2.69. The first kappa shape index (κ1) is 12.1. The topological polar surface area (TPSA) is 37.8 Å². The molecule has 1 saturated carbocycles. The second-order valence-corrected chi connectivity index (χ2v) is 6.36. The molecule has 1 unspecified atom stereocenters. The van der Waals surface area contributed by atoms with Gasteiger partial charge in [0.25, 0.3) is 5.56 Å². The first-order chi connectivity index (χ1) is 8.68. The Bertz CT molecular complexity index is 676. The van der Waals surface area contributed by atoms with E-state index in [4.69, 9.17) is 12.2 Å². The molecule has 0 radical (unpaired) electrons. The van der Waals surface area contributed by atoms with Gasteiger partial charge in [0.2, 0.25) is 0 Å². The molecular weight excluding hydrogens is 264 g/mol. The molecule has 2 aromatic rings. The first-order valence-electron chi connectivity index (χ1n) is 6.40. The van der Waals surface area contributed by atoms with Crippen LogP contribution in [0, 0.1) is 10.7 Å². The van der Waals surface area contributed by atoms with Gasteiger partial charge in [-0.3, -0.25) is 9.36 Å². The number of H-pyrrole nitrogens is 1. The van der Waals surface area contributed by atoms with Gasteiger partial charge < -0.3 is 4.98 Å². The normalized spacial score (nSPS) is 18.5. The van der Waals surface area contributed by atoms with Crippen molar-refractivity contribution in [2.24, 2.45) is 5.92 Å². The lowest BCUT2D eigenvalue weighted by atomic mass is 9.99. The van der Waals surface area contributed by atoms with E-state index in [1.165, 1.54) is 37.0 Å². The van der Waals surface area contributed by atoms with Crippen molar-refractivity contribution in [2.75, 3.05) is 0 Å². The maximum atomic E-state index is 12.5. The van der Waals surface area contributed by atoms with Gasteiger partial charge in [0, 0.05) is 6.04 Å². The number of hydrogen-bond acceptors (Lipinski definition) is 3. The van der Waals surface area contributed by atoms with Gasteiger partial charge >= 0.3 is 0 Å². The van der Waals surface area contributed by atoms with E-state index in [1.54, 1.807) is 4.57 Å². The fourth-order valence-electron chi connectivity index (χ4n) is 2.97. The van der Waals surface area contributed by atoms with Crippen molar-refractivity contribution in [3.05, 3.63) is 26.6 Å². The van der Waals surface area contributed by atoms with E-state index in [0.717, 1.165) is 10.2 Å². The molecule has 0 amide bonds. The van der Waals surface area contributed by atoms with E-state index in [0.29, 0.717) is 10.7 Å². The van der Waals surface area contributed by atoms with Crippen LogP contribution in [0.2, 0.25) is 0 Å². The molecule has 2 aromatic heterocycles. The number of hydrogen-bond donors (Lipinski definition) is 1. The number of aromatic nitrogens is 2. The molecule has 3 nitrogen and oxygen atoms in total. The van der Waals surface area contributed by atoms with Crippen LogP contribution in [0.15, 0.2) is 16.2 Å². The maximum Gasteiger partial charge on any atom is 0.263 e. The van der Waals surface area contributed by atoms with Crippen molar-refractivity contribution >= 4 is 33.8 Å². The predicted octanol–water partition coefficient (Wildman–Crippen LogP) is 3.87. The molecule has 1 aliphatic carbocycles. The molecular formula is C13H16N2OS2. The summed E-state index contributed by atoms with van der Waals surface area (Å²) < 4.78 is 2.34. The molecule has 1 N–H and O–H groups in total. The zero-order chi connectivity index (χ0) is 12.7. The van der Waals surface area contributed by atoms with Gasteiger partial charge in [-0.15, -0.1) is 11.3 Å². The van der Waals surface area contributed by atoms with Crippen LogP contribution in [0.1, 0.15) is 38.6 Å². The van der Waals surface area contributed by atoms with Gasteiger partial charge in [-0.05, 0) is 49.3 Å². The van der Waals surface area contributed by atoms with Crippen molar-refractivity contribution in [1.82, 2.24) is 9.55 Å². The highest BCUT2D eigenvalue weighted by Gasteiger charge is 2.24. The average molecular weight is 280 g/mol. The Morgan fingerprint density at radius 1 is 1.50 bits per heavy atom. The van der Waals surface area contributed by atoms with Gasteiger partial charge in [0.15, 0.2) is 4.77 Å². The lowest BCUT2D eigenvalue weighted by Gasteiger charge is -2.21. The minimum atomic E-state index is 0.0643. The average Bonchev–Trinajstić information content (AvgIpc) is 2.98. The van der Waals surface area contributed by atoms with E-state index in [1.807, 2.05) is 11.4 Å². The lowest BCUT2D eigenvalue weighted by Crippen LogP contribution is -2.28. The summed E-state index contributed by atoms with van der Waals surface area (Å²) in [5.74, 6) is 0.592. The largest absolute Gasteiger partial charge is 0.323 e. The Hall–Kier alpha value is -0.940.